The van der Waals surface area contributed by atoms with E-state index in [2.05, 4.69) is 10.6 Å². The molecule has 1 aromatic rings. The van der Waals surface area contributed by atoms with Gasteiger partial charge >= 0.3 is 12.1 Å². The lowest BCUT2D eigenvalue weighted by Gasteiger charge is -2.37. The number of carboxylic acid groups (broad SMARTS) is 1. The van der Waals surface area contributed by atoms with Gasteiger partial charge < -0.3 is 35.8 Å². The minimum Gasteiger partial charge on any atom is -0.465 e. The van der Waals surface area contributed by atoms with Crippen molar-refractivity contribution in [2.75, 3.05) is 46.0 Å². The van der Waals surface area contributed by atoms with E-state index >= 15 is 0 Å². The number of urea groups is 1. The third-order valence-corrected chi connectivity index (χ3v) is 6.92. The summed E-state index contributed by atoms with van der Waals surface area (Å²) in [5.74, 6) is 0.518. The zero-order chi connectivity index (χ0) is 25.0. The van der Waals surface area contributed by atoms with Crippen molar-refractivity contribution in [2.24, 2.45) is 17.6 Å². The van der Waals surface area contributed by atoms with E-state index in [4.69, 9.17) is 31.9 Å². The number of carbonyl (C=O) groups excluding carboxylic acids is 1. The average Bonchev–Trinajstić information content (AvgIpc) is 3.11. The number of amides is 3. The largest absolute Gasteiger partial charge is 0.465 e. The highest BCUT2D eigenvalue weighted by molar-refractivity contribution is 6.30. The molecule has 0 aromatic heterocycles. The van der Waals surface area contributed by atoms with E-state index in [1.54, 1.807) is 6.07 Å². The van der Waals surface area contributed by atoms with Crippen molar-refractivity contribution in [2.45, 2.75) is 50.7 Å². The number of nitrogens with two attached hydrogens (primary N) is 1. The molecule has 2 heterocycles. The Kier molecular flexibility index (Phi) is 11.4. The molecule has 9 nitrogen and oxygen atoms in total. The Hall–Kier alpha value is -2.07. The van der Waals surface area contributed by atoms with Gasteiger partial charge in [0.25, 0.3) is 0 Å². The Bertz CT molecular complexity index is 806. The summed E-state index contributed by atoms with van der Waals surface area (Å²) in [5.41, 5.74) is 7.24. The second-order valence-corrected chi connectivity index (χ2v) is 9.98. The normalized spacial score (nSPS) is 22.6. The van der Waals surface area contributed by atoms with Gasteiger partial charge in [-0.15, -0.1) is 0 Å². The predicted molar refractivity (Wildman–Crippen MR) is 135 cm³/mol. The van der Waals surface area contributed by atoms with Gasteiger partial charge in [0.05, 0.1) is 12.7 Å². The first-order valence-corrected chi connectivity index (χ1v) is 13.0. The monoisotopic (exact) mass is 510 g/mol. The minimum atomic E-state index is -1.09. The van der Waals surface area contributed by atoms with Gasteiger partial charge in [0.2, 0.25) is 0 Å². The second kappa shape index (κ2) is 14.5. The van der Waals surface area contributed by atoms with Crippen molar-refractivity contribution in [1.29, 1.82) is 0 Å². The van der Waals surface area contributed by atoms with Gasteiger partial charge in [0, 0.05) is 56.4 Å². The Morgan fingerprint density at radius 2 is 2.11 bits per heavy atom. The first-order chi connectivity index (χ1) is 16.9. The van der Waals surface area contributed by atoms with Crippen molar-refractivity contribution in [3.8, 4) is 0 Å². The van der Waals surface area contributed by atoms with Gasteiger partial charge in [-0.05, 0) is 55.7 Å². The lowest BCUT2D eigenvalue weighted by molar-refractivity contribution is -0.00835. The Morgan fingerprint density at radius 1 is 1.26 bits per heavy atom. The zero-order valence-electron chi connectivity index (χ0n) is 20.3. The van der Waals surface area contributed by atoms with E-state index < -0.39 is 6.09 Å². The van der Waals surface area contributed by atoms with Crippen LogP contribution in [0.25, 0.3) is 0 Å². The van der Waals surface area contributed by atoms with E-state index in [-0.39, 0.29) is 37.2 Å². The van der Waals surface area contributed by atoms with E-state index in [0.717, 1.165) is 50.9 Å². The lowest BCUT2D eigenvalue weighted by Crippen LogP contribution is -2.49. The van der Waals surface area contributed by atoms with Crippen LogP contribution in [0, 0.1) is 11.8 Å². The molecule has 0 spiro atoms. The fraction of sp³-hybridized carbons (Fsp3) is 0.680. The summed E-state index contributed by atoms with van der Waals surface area (Å²) in [7, 11) is 0. The van der Waals surface area contributed by atoms with Crippen LogP contribution < -0.4 is 16.4 Å². The summed E-state index contributed by atoms with van der Waals surface area (Å²) >= 11 is 6.22. The molecule has 10 heteroatoms. The molecule has 2 fully saturated rings. The molecule has 0 saturated carbocycles. The number of hydrogen-bond donors (Lipinski definition) is 4. The van der Waals surface area contributed by atoms with Crippen LogP contribution >= 0.6 is 11.6 Å². The summed E-state index contributed by atoms with van der Waals surface area (Å²) in [6.07, 6.45) is 4.62. The highest BCUT2D eigenvalue weighted by Crippen LogP contribution is 2.34. The highest BCUT2D eigenvalue weighted by atomic mass is 35.5. The Morgan fingerprint density at radius 3 is 2.91 bits per heavy atom. The molecular weight excluding hydrogens is 472 g/mol. The molecule has 0 bridgehead atoms. The number of likely N-dealkylation sites (tertiary alicyclic amines) is 1. The van der Waals surface area contributed by atoms with Crippen molar-refractivity contribution in [3.05, 3.63) is 34.9 Å². The van der Waals surface area contributed by atoms with E-state index in [9.17, 15) is 9.59 Å². The van der Waals surface area contributed by atoms with Crippen molar-refractivity contribution < 1.29 is 24.2 Å². The van der Waals surface area contributed by atoms with Crippen LogP contribution in [0.5, 0.6) is 0 Å². The number of nitrogens with one attached hydrogen (secondary N) is 2. The van der Waals surface area contributed by atoms with Crippen molar-refractivity contribution in [1.82, 2.24) is 15.5 Å². The quantitative estimate of drug-likeness (QED) is 0.356. The van der Waals surface area contributed by atoms with Gasteiger partial charge in [0.1, 0.15) is 0 Å². The number of ether oxygens (including phenoxy) is 2. The van der Waals surface area contributed by atoms with Gasteiger partial charge in [-0.2, -0.15) is 0 Å². The maximum absolute atomic E-state index is 12.9. The number of piperidine rings is 1. The molecule has 0 aliphatic carbocycles. The zero-order valence-corrected chi connectivity index (χ0v) is 21.0. The smallest absolute Gasteiger partial charge is 0.404 e. The first-order valence-electron chi connectivity index (χ1n) is 12.6. The predicted octanol–water partition coefficient (Wildman–Crippen LogP) is 3.62. The number of rotatable bonds is 10. The van der Waals surface area contributed by atoms with Gasteiger partial charge in [0.15, 0.2) is 0 Å². The number of carbonyl (C=O) groups is 2. The molecule has 2 aliphatic heterocycles. The molecule has 4 atom stereocenters. The molecule has 35 heavy (non-hydrogen) atoms. The number of halogens is 1. The SMILES string of the molecule is NC(CNC(=O)N1CCCC(C(OCCNC(=O)O)c2cccc(Cl)c2)C1)CC1CCCCOC1. The third-order valence-electron chi connectivity index (χ3n) is 6.68. The molecule has 2 saturated heterocycles. The maximum atomic E-state index is 12.9. The fourth-order valence-corrected chi connectivity index (χ4v) is 5.17. The van der Waals surface area contributed by atoms with Crippen LogP contribution in [0.4, 0.5) is 9.59 Å². The number of nitrogens with zero attached hydrogens (tertiary/aromatic N) is 1. The lowest BCUT2D eigenvalue weighted by atomic mass is 9.88. The number of hydrogen-bond acceptors (Lipinski definition) is 5. The van der Waals surface area contributed by atoms with E-state index in [0.29, 0.717) is 30.6 Å². The Labute approximate surface area is 212 Å². The van der Waals surface area contributed by atoms with E-state index in [1.165, 1.54) is 6.42 Å². The van der Waals surface area contributed by atoms with Crippen molar-refractivity contribution in [3.63, 3.8) is 0 Å². The molecule has 2 aliphatic rings. The average molecular weight is 511 g/mol. The second-order valence-electron chi connectivity index (χ2n) is 9.55. The molecule has 0 radical (unpaired) electrons. The summed E-state index contributed by atoms with van der Waals surface area (Å²) in [5, 5.41) is 14.8. The molecule has 196 valence electrons. The third kappa shape index (κ3) is 9.48. The van der Waals surface area contributed by atoms with Crippen LogP contribution in [0.2, 0.25) is 5.02 Å². The molecule has 5 N–H and O–H groups in total. The molecule has 1 aromatic carbocycles. The summed E-state index contributed by atoms with van der Waals surface area (Å²) in [6, 6.07) is 7.29. The minimum absolute atomic E-state index is 0.0644. The summed E-state index contributed by atoms with van der Waals surface area (Å²) in [6.45, 7) is 3.65. The van der Waals surface area contributed by atoms with Gasteiger partial charge in [-0.1, -0.05) is 30.2 Å². The highest BCUT2D eigenvalue weighted by Gasteiger charge is 2.31. The van der Waals surface area contributed by atoms with Crippen LogP contribution in [-0.4, -0.2) is 74.2 Å². The van der Waals surface area contributed by atoms with Crippen LogP contribution in [0.1, 0.15) is 50.2 Å². The summed E-state index contributed by atoms with van der Waals surface area (Å²) < 4.78 is 11.8. The van der Waals surface area contributed by atoms with Crippen LogP contribution in [-0.2, 0) is 9.47 Å². The van der Waals surface area contributed by atoms with Gasteiger partial charge in [-0.3, -0.25) is 0 Å². The fourth-order valence-electron chi connectivity index (χ4n) is 4.97. The van der Waals surface area contributed by atoms with Gasteiger partial charge in [-0.25, -0.2) is 9.59 Å². The van der Waals surface area contributed by atoms with Crippen LogP contribution in [0.15, 0.2) is 24.3 Å². The van der Waals surface area contributed by atoms with E-state index in [1.807, 2.05) is 23.1 Å². The molecule has 3 amide bonds. The topological polar surface area (TPSA) is 126 Å². The molecule has 3 rings (SSSR count). The summed E-state index contributed by atoms with van der Waals surface area (Å²) in [4.78, 5) is 25.5. The number of benzene rings is 1. The first kappa shape index (κ1) is 27.5. The molecular formula is C25H39ClN4O5. The maximum Gasteiger partial charge on any atom is 0.404 e. The molecule has 4 unspecified atom stereocenters. The van der Waals surface area contributed by atoms with Crippen LogP contribution in [0.3, 0.4) is 0 Å². The standard InChI is InChI=1S/C25H39ClN4O5/c26-21-8-3-6-19(14-21)23(35-12-9-28-25(32)33)20-7-4-10-30(16-20)24(31)29-15-22(27)13-18-5-1-2-11-34-17-18/h3,6,8,14,18,20,22-23,28H,1-2,4-5,7,9-13,15-17,27H2,(H,29,31)(H,32,33). The van der Waals surface area contributed by atoms with Crippen molar-refractivity contribution >= 4 is 23.7 Å². The Balaban J connectivity index is 1.53.